The Balaban J connectivity index is 0.00000200. The van der Waals surface area contributed by atoms with Crippen molar-refractivity contribution in [2.45, 2.75) is 19.3 Å². The van der Waals surface area contributed by atoms with E-state index in [1.807, 2.05) is 17.0 Å². The molecule has 0 aromatic heterocycles. The molecule has 0 atom stereocenters. The summed E-state index contributed by atoms with van der Waals surface area (Å²) in [6.07, 6.45) is 2.94. The van der Waals surface area contributed by atoms with Crippen LogP contribution < -0.4 is 0 Å². The minimum Gasteiger partial charge on any atom is -0.480 e. The van der Waals surface area contributed by atoms with Gasteiger partial charge in [0.25, 0.3) is 0 Å². The molecule has 1 N–H and O–H groups in total. The average molecular weight is 339 g/mol. The maximum Gasteiger partial charge on any atom is 0.317 e. The third kappa shape index (κ3) is 5.13. The molecule has 1 aromatic carbocycles. The highest BCUT2D eigenvalue weighted by atomic mass is 35.5. The molecule has 1 saturated heterocycles. The Morgan fingerprint density at radius 2 is 1.95 bits per heavy atom. The molecular formula is C14H18Cl3NO2. The number of nitrogens with zero attached hydrogens (tertiary/aromatic N) is 1. The molecule has 1 aliphatic heterocycles. The van der Waals surface area contributed by atoms with Gasteiger partial charge >= 0.3 is 5.97 Å². The maximum atomic E-state index is 10.6. The van der Waals surface area contributed by atoms with Crippen LogP contribution in [-0.4, -0.2) is 35.6 Å². The number of carbonyl (C=O) groups is 1. The fourth-order valence-corrected chi connectivity index (χ4v) is 2.94. The molecule has 0 bridgehead atoms. The Morgan fingerprint density at radius 3 is 2.55 bits per heavy atom. The number of likely N-dealkylation sites (tertiary alicyclic amines) is 1. The molecule has 3 nitrogen and oxygen atoms in total. The molecule has 0 aliphatic carbocycles. The second kappa shape index (κ2) is 8.08. The summed E-state index contributed by atoms with van der Waals surface area (Å²) in [5.74, 6) is -0.197. The SMILES string of the molecule is Cl.O=C(O)CN1CCC(Cc2cc(Cl)ccc2Cl)CC1. The van der Waals surface area contributed by atoms with Gasteiger partial charge < -0.3 is 5.11 Å². The minimum atomic E-state index is -0.753. The summed E-state index contributed by atoms with van der Waals surface area (Å²) in [6, 6.07) is 5.55. The van der Waals surface area contributed by atoms with Gasteiger partial charge in [-0.05, 0) is 62.0 Å². The van der Waals surface area contributed by atoms with Gasteiger partial charge in [-0.1, -0.05) is 23.2 Å². The first-order valence-corrected chi connectivity index (χ1v) is 7.18. The Morgan fingerprint density at radius 1 is 1.30 bits per heavy atom. The zero-order valence-electron chi connectivity index (χ0n) is 11.0. The first kappa shape index (κ1) is 17.6. The summed E-state index contributed by atoms with van der Waals surface area (Å²) in [4.78, 5) is 12.6. The first-order chi connectivity index (χ1) is 9.04. The number of benzene rings is 1. The number of carboxylic acid groups (broad SMARTS) is 1. The predicted octanol–water partition coefficient (Wildman–Crippen LogP) is 3.75. The van der Waals surface area contributed by atoms with E-state index < -0.39 is 5.97 Å². The van der Waals surface area contributed by atoms with Crippen molar-refractivity contribution < 1.29 is 9.90 Å². The highest BCUT2D eigenvalue weighted by Crippen LogP contribution is 2.27. The van der Waals surface area contributed by atoms with Crippen LogP contribution in [0, 0.1) is 5.92 Å². The van der Waals surface area contributed by atoms with Crippen LogP contribution in [0.4, 0.5) is 0 Å². The maximum absolute atomic E-state index is 10.6. The number of aliphatic carboxylic acids is 1. The molecule has 1 heterocycles. The van der Waals surface area contributed by atoms with Gasteiger partial charge in [-0.2, -0.15) is 0 Å². The van der Waals surface area contributed by atoms with Gasteiger partial charge in [0, 0.05) is 10.0 Å². The van der Waals surface area contributed by atoms with Crippen molar-refractivity contribution in [2.24, 2.45) is 5.92 Å². The van der Waals surface area contributed by atoms with E-state index in [9.17, 15) is 4.79 Å². The van der Waals surface area contributed by atoms with Gasteiger partial charge in [-0.25, -0.2) is 0 Å². The molecule has 2 rings (SSSR count). The van der Waals surface area contributed by atoms with Crippen LogP contribution in [-0.2, 0) is 11.2 Å². The van der Waals surface area contributed by atoms with E-state index in [0.29, 0.717) is 10.9 Å². The largest absolute Gasteiger partial charge is 0.480 e. The highest BCUT2D eigenvalue weighted by Gasteiger charge is 2.21. The standard InChI is InChI=1S/C14H17Cl2NO2.ClH/c15-12-1-2-13(16)11(8-12)7-10-3-5-17(6-4-10)9-14(18)19;/h1-2,8,10H,3-7,9H2,(H,18,19);1H. The van der Waals surface area contributed by atoms with E-state index >= 15 is 0 Å². The van der Waals surface area contributed by atoms with Crippen molar-refractivity contribution in [3.05, 3.63) is 33.8 Å². The summed E-state index contributed by atoms with van der Waals surface area (Å²) >= 11 is 12.1. The molecule has 20 heavy (non-hydrogen) atoms. The van der Waals surface area contributed by atoms with Crippen molar-refractivity contribution in [3.8, 4) is 0 Å². The van der Waals surface area contributed by atoms with E-state index in [2.05, 4.69) is 0 Å². The molecule has 0 saturated carbocycles. The molecule has 1 aromatic rings. The van der Waals surface area contributed by atoms with Crippen LogP contribution in [0.5, 0.6) is 0 Å². The van der Waals surface area contributed by atoms with Crippen LogP contribution in [0.25, 0.3) is 0 Å². The normalized spacial score (nSPS) is 16.7. The van der Waals surface area contributed by atoms with Crippen molar-refractivity contribution in [1.82, 2.24) is 4.90 Å². The molecule has 0 amide bonds. The molecule has 0 unspecified atom stereocenters. The lowest BCUT2D eigenvalue weighted by Gasteiger charge is -2.31. The van der Waals surface area contributed by atoms with Crippen molar-refractivity contribution in [2.75, 3.05) is 19.6 Å². The van der Waals surface area contributed by atoms with Gasteiger partial charge in [0.05, 0.1) is 6.54 Å². The molecule has 1 aliphatic rings. The van der Waals surface area contributed by atoms with E-state index in [0.717, 1.165) is 42.9 Å². The molecule has 0 spiro atoms. The lowest BCUT2D eigenvalue weighted by Crippen LogP contribution is -2.37. The summed E-state index contributed by atoms with van der Waals surface area (Å²) in [5, 5.41) is 10.2. The Labute approximate surface area is 135 Å². The smallest absolute Gasteiger partial charge is 0.317 e. The van der Waals surface area contributed by atoms with Crippen molar-refractivity contribution >= 4 is 41.6 Å². The molecule has 1 fully saturated rings. The number of hydrogen-bond acceptors (Lipinski definition) is 2. The summed E-state index contributed by atoms with van der Waals surface area (Å²) in [7, 11) is 0. The van der Waals surface area contributed by atoms with E-state index in [4.69, 9.17) is 28.3 Å². The van der Waals surface area contributed by atoms with Crippen molar-refractivity contribution in [3.63, 3.8) is 0 Å². The van der Waals surface area contributed by atoms with Crippen LogP contribution in [0.2, 0.25) is 10.0 Å². The zero-order valence-corrected chi connectivity index (χ0v) is 13.3. The molecular weight excluding hydrogens is 321 g/mol. The minimum absolute atomic E-state index is 0. The number of hydrogen-bond donors (Lipinski definition) is 1. The fraction of sp³-hybridized carbons (Fsp3) is 0.500. The van der Waals surface area contributed by atoms with E-state index in [1.54, 1.807) is 6.07 Å². The zero-order chi connectivity index (χ0) is 13.8. The van der Waals surface area contributed by atoms with E-state index in [-0.39, 0.29) is 19.0 Å². The monoisotopic (exact) mass is 337 g/mol. The fourth-order valence-electron chi connectivity index (χ4n) is 2.55. The number of piperidine rings is 1. The third-order valence-corrected chi connectivity index (χ3v) is 4.19. The van der Waals surface area contributed by atoms with Crippen LogP contribution in [0.3, 0.4) is 0 Å². The first-order valence-electron chi connectivity index (χ1n) is 6.42. The summed E-state index contributed by atoms with van der Waals surface area (Å²) in [5.41, 5.74) is 1.09. The van der Waals surface area contributed by atoms with Gasteiger partial charge in [-0.3, -0.25) is 9.69 Å². The van der Waals surface area contributed by atoms with Crippen molar-refractivity contribution in [1.29, 1.82) is 0 Å². The lowest BCUT2D eigenvalue weighted by molar-refractivity contribution is -0.138. The molecule has 112 valence electrons. The Hall–Kier alpha value is -0.480. The number of halogens is 3. The second-order valence-electron chi connectivity index (χ2n) is 5.05. The van der Waals surface area contributed by atoms with Gasteiger partial charge in [0.1, 0.15) is 0 Å². The molecule has 0 radical (unpaired) electrons. The lowest BCUT2D eigenvalue weighted by atomic mass is 9.90. The van der Waals surface area contributed by atoms with Crippen LogP contribution in [0.15, 0.2) is 18.2 Å². The third-order valence-electron chi connectivity index (χ3n) is 3.58. The topological polar surface area (TPSA) is 40.5 Å². The number of carboxylic acids is 1. The quantitative estimate of drug-likeness (QED) is 0.909. The Kier molecular flexibility index (Phi) is 7.10. The van der Waals surface area contributed by atoms with Gasteiger partial charge in [0.2, 0.25) is 0 Å². The Bertz CT molecular complexity index is 460. The van der Waals surface area contributed by atoms with Gasteiger partial charge in [-0.15, -0.1) is 12.4 Å². The van der Waals surface area contributed by atoms with E-state index in [1.165, 1.54) is 0 Å². The predicted molar refractivity (Wildman–Crippen MR) is 84.2 cm³/mol. The second-order valence-corrected chi connectivity index (χ2v) is 5.90. The van der Waals surface area contributed by atoms with Crippen LogP contribution >= 0.6 is 35.6 Å². The van der Waals surface area contributed by atoms with Crippen LogP contribution in [0.1, 0.15) is 18.4 Å². The molecule has 6 heteroatoms. The highest BCUT2D eigenvalue weighted by molar-refractivity contribution is 6.33. The summed E-state index contributed by atoms with van der Waals surface area (Å²) < 4.78 is 0. The average Bonchev–Trinajstić information content (AvgIpc) is 2.35. The van der Waals surface area contributed by atoms with Gasteiger partial charge in [0.15, 0.2) is 0 Å². The summed E-state index contributed by atoms with van der Waals surface area (Å²) in [6.45, 7) is 1.83. The number of rotatable bonds is 4.